The summed E-state index contributed by atoms with van der Waals surface area (Å²) in [4.78, 5) is 5.97. The smallest absolute Gasteiger partial charge is 0.422 e. The second kappa shape index (κ2) is 5.64. The van der Waals surface area contributed by atoms with E-state index < -0.39 is 12.8 Å². The maximum Gasteiger partial charge on any atom is 0.422 e. The Hall–Kier alpha value is -1.50. The largest absolute Gasteiger partial charge is 0.482 e. The van der Waals surface area contributed by atoms with Gasteiger partial charge in [-0.3, -0.25) is 4.98 Å². The lowest BCUT2D eigenvalue weighted by atomic mass is 10.1. The van der Waals surface area contributed by atoms with E-state index in [0.29, 0.717) is 0 Å². The SMILES string of the molecule is NC1CCN(c2cncc(OCC(F)(F)F)c2)CC1. The van der Waals surface area contributed by atoms with Crippen LogP contribution in [0.15, 0.2) is 18.5 Å². The van der Waals surface area contributed by atoms with Crippen molar-refractivity contribution in [3.05, 3.63) is 18.5 Å². The molecule has 1 fully saturated rings. The van der Waals surface area contributed by atoms with Crippen LogP contribution < -0.4 is 15.4 Å². The van der Waals surface area contributed by atoms with Gasteiger partial charge in [0.15, 0.2) is 6.61 Å². The molecule has 1 saturated heterocycles. The van der Waals surface area contributed by atoms with Crippen LogP contribution >= 0.6 is 0 Å². The molecule has 1 aromatic rings. The van der Waals surface area contributed by atoms with Gasteiger partial charge in [-0.1, -0.05) is 0 Å². The molecule has 2 heterocycles. The van der Waals surface area contributed by atoms with Gasteiger partial charge in [-0.2, -0.15) is 13.2 Å². The van der Waals surface area contributed by atoms with E-state index in [-0.39, 0.29) is 11.8 Å². The minimum absolute atomic E-state index is 0.129. The molecule has 2 rings (SSSR count). The van der Waals surface area contributed by atoms with Gasteiger partial charge >= 0.3 is 6.18 Å². The predicted molar refractivity (Wildman–Crippen MR) is 65.2 cm³/mol. The molecule has 0 amide bonds. The Kier molecular flexibility index (Phi) is 4.14. The second-order valence-electron chi connectivity index (χ2n) is 4.61. The van der Waals surface area contributed by atoms with Crippen molar-refractivity contribution < 1.29 is 17.9 Å². The van der Waals surface area contributed by atoms with Crippen LogP contribution in [0, 0.1) is 0 Å². The third kappa shape index (κ3) is 4.27. The maximum absolute atomic E-state index is 12.1. The number of nitrogens with zero attached hydrogens (tertiary/aromatic N) is 2. The van der Waals surface area contributed by atoms with Crippen molar-refractivity contribution in [1.29, 1.82) is 0 Å². The van der Waals surface area contributed by atoms with Crippen LogP contribution in [0.4, 0.5) is 18.9 Å². The lowest BCUT2D eigenvalue weighted by Gasteiger charge is -2.31. The van der Waals surface area contributed by atoms with Crippen molar-refractivity contribution in [2.75, 3.05) is 24.6 Å². The minimum Gasteiger partial charge on any atom is -0.482 e. The fraction of sp³-hybridized carbons (Fsp3) is 0.583. The topological polar surface area (TPSA) is 51.4 Å². The van der Waals surface area contributed by atoms with E-state index in [0.717, 1.165) is 31.6 Å². The lowest BCUT2D eigenvalue weighted by molar-refractivity contribution is -0.153. The van der Waals surface area contributed by atoms with Gasteiger partial charge in [0.2, 0.25) is 0 Å². The van der Waals surface area contributed by atoms with E-state index in [2.05, 4.69) is 14.6 Å². The molecule has 7 heteroatoms. The highest BCUT2D eigenvalue weighted by Crippen LogP contribution is 2.24. The summed E-state index contributed by atoms with van der Waals surface area (Å²) in [5, 5.41) is 0. The summed E-state index contributed by atoms with van der Waals surface area (Å²) < 4.78 is 40.9. The van der Waals surface area contributed by atoms with Gasteiger partial charge in [-0.25, -0.2) is 0 Å². The quantitative estimate of drug-likeness (QED) is 0.916. The molecule has 0 spiro atoms. The molecule has 2 N–H and O–H groups in total. The van der Waals surface area contributed by atoms with Crippen LogP contribution in [-0.2, 0) is 0 Å². The Bertz CT molecular complexity index is 417. The van der Waals surface area contributed by atoms with Crippen LogP contribution in [0.2, 0.25) is 0 Å². The Morgan fingerprint density at radius 2 is 2.00 bits per heavy atom. The Morgan fingerprint density at radius 1 is 1.32 bits per heavy atom. The summed E-state index contributed by atoms with van der Waals surface area (Å²) in [6.45, 7) is 0.264. The molecule has 0 atom stereocenters. The third-order valence-corrected chi connectivity index (χ3v) is 3.01. The first-order valence-electron chi connectivity index (χ1n) is 6.09. The van der Waals surface area contributed by atoms with Crippen LogP contribution in [0.5, 0.6) is 5.75 Å². The Balaban J connectivity index is 1.99. The molecule has 1 aromatic heterocycles. The highest BCUT2D eigenvalue weighted by molar-refractivity contribution is 5.48. The minimum atomic E-state index is -4.34. The molecular formula is C12H16F3N3O. The number of hydrogen-bond donors (Lipinski definition) is 1. The molecule has 0 radical (unpaired) electrons. The molecule has 4 nitrogen and oxygen atoms in total. The van der Waals surface area contributed by atoms with Gasteiger partial charge < -0.3 is 15.4 Å². The molecule has 1 aliphatic heterocycles. The number of rotatable bonds is 3. The van der Waals surface area contributed by atoms with E-state index in [1.54, 1.807) is 12.3 Å². The summed E-state index contributed by atoms with van der Waals surface area (Å²) in [5.41, 5.74) is 6.58. The van der Waals surface area contributed by atoms with E-state index in [4.69, 9.17) is 5.73 Å². The number of anilines is 1. The number of aromatic nitrogens is 1. The monoisotopic (exact) mass is 275 g/mol. The number of piperidine rings is 1. The number of nitrogens with two attached hydrogens (primary N) is 1. The standard InChI is InChI=1S/C12H16F3N3O/c13-12(14,15)8-19-11-5-10(6-17-7-11)18-3-1-9(16)2-4-18/h5-7,9H,1-4,8,16H2. The fourth-order valence-electron chi connectivity index (χ4n) is 1.98. The maximum atomic E-state index is 12.1. The number of alkyl halides is 3. The first kappa shape index (κ1) is 13.9. The Labute approximate surface area is 109 Å². The zero-order valence-electron chi connectivity index (χ0n) is 10.4. The Morgan fingerprint density at radius 3 is 2.63 bits per heavy atom. The van der Waals surface area contributed by atoms with Gasteiger partial charge in [0, 0.05) is 25.2 Å². The predicted octanol–water partition coefficient (Wildman–Crippen LogP) is 1.95. The lowest BCUT2D eigenvalue weighted by Crippen LogP contribution is -2.39. The van der Waals surface area contributed by atoms with Crippen molar-refractivity contribution in [3.8, 4) is 5.75 Å². The van der Waals surface area contributed by atoms with Crippen LogP contribution in [-0.4, -0.2) is 36.9 Å². The van der Waals surface area contributed by atoms with Crippen molar-refractivity contribution in [2.45, 2.75) is 25.1 Å². The average Bonchev–Trinajstić information content (AvgIpc) is 2.37. The first-order valence-corrected chi connectivity index (χ1v) is 6.09. The van der Waals surface area contributed by atoms with Gasteiger partial charge in [0.1, 0.15) is 5.75 Å². The molecule has 1 aliphatic rings. The molecule has 0 bridgehead atoms. The summed E-state index contributed by atoms with van der Waals surface area (Å²) in [5.74, 6) is 0.129. The van der Waals surface area contributed by atoms with E-state index in [9.17, 15) is 13.2 Å². The second-order valence-corrected chi connectivity index (χ2v) is 4.61. The van der Waals surface area contributed by atoms with Crippen molar-refractivity contribution >= 4 is 5.69 Å². The normalized spacial score (nSPS) is 17.6. The van der Waals surface area contributed by atoms with E-state index in [1.807, 2.05) is 0 Å². The molecule has 0 saturated carbocycles. The molecule has 0 aromatic carbocycles. The van der Waals surface area contributed by atoms with E-state index >= 15 is 0 Å². The number of pyridine rings is 1. The molecule has 0 aliphatic carbocycles. The van der Waals surface area contributed by atoms with Crippen molar-refractivity contribution in [1.82, 2.24) is 4.98 Å². The third-order valence-electron chi connectivity index (χ3n) is 3.01. The highest BCUT2D eigenvalue weighted by atomic mass is 19.4. The van der Waals surface area contributed by atoms with Gasteiger partial charge in [-0.15, -0.1) is 0 Å². The van der Waals surface area contributed by atoms with Crippen LogP contribution in [0.3, 0.4) is 0 Å². The molecule has 19 heavy (non-hydrogen) atoms. The zero-order valence-corrected chi connectivity index (χ0v) is 10.4. The van der Waals surface area contributed by atoms with Crippen molar-refractivity contribution in [3.63, 3.8) is 0 Å². The zero-order chi connectivity index (χ0) is 13.9. The summed E-state index contributed by atoms with van der Waals surface area (Å²) in [7, 11) is 0. The number of ether oxygens (including phenoxy) is 1. The number of halogens is 3. The summed E-state index contributed by atoms with van der Waals surface area (Å²) >= 11 is 0. The molecule has 106 valence electrons. The van der Waals surface area contributed by atoms with E-state index in [1.165, 1.54) is 6.20 Å². The summed E-state index contributed by atoms with van der Waals surface area (Å²) in [6.07, 6.45) is 0.303. The average molecular weight is 275 g/mol. The van der Waals surface area contributed by atoms with Crippen LogP contribution in [0.1, 0.15) is 12.8 Å². The van der Waals surface area contributed by atoms with Gasteiger partial charge in [0.05, 0.1) is 18.1 Å². The van der Waals surface area contributed by atoms with Crippen LogP contribution in [0.25, 0.3) is 0 Å². The van der Waals surface area contributed by atoms with Gasteiger partial charge in [-0.05, 0) is 12.8 Å². The highest BCUT2D eigenvalue weighted by Gasteiger charge is 2.28. The number of hydrogen-bond acceptors (Lipinski definition) is 4. The van der Waals surface area contributed by atoms with Crippen molar-refractivity contribution in [2.24, 2.45) is 5.73 Å². The fourth-order valence-corrected chi connectivity index (χ4v) is 1.98. The molecule has 0 unspecified atom stereocenters. The molecular weight excluding hydrogens is 259 g/mol. The summed E-state index contributed by atoms with van der Waals surface area (Å²) in [6, 6.07) is 1.78. The van der Waals surface area contributed by atoms with Gasteiger partial charge in [0.25, 0.3) is 0 Å². The first-order chi connectivity index (χ1) is 8.94.